The summed E-state index contributed by atoms with van der Waals surface area (Å²) in [6, 6.07) is 8.71. The zero-order chi connectivity index (χ0) is 10.6. The van der Waals surface area contributed by atoms with Gasteiger partial charge in [-0.05, 0) is 19.1 Å². The number of nitrogens with one attached hydrogen (secondary N) is 1. The number of halogens is 1. The molecule has 2 atom stereocenters. The van der Waals surface area contributed by atoms with Gasteiger partial charge in [0, 0.05) is 5.56 Å². The summed E-state index contributed by atoms with van der Waals surface area (Å²) >= 11 is 5.68. The summed E-state index contributed by atoms with van der Waals surface area (Å²) in [6.07, 6.45) is -0.774. The average molecular weight is 214 g/mol. The number of rotatable bonds is 3. The number of aliphatic hydroxyl groups is 1. The Kier molecular flexibility index (Phi) is 3.92. The van der Waals surface area contributed by atoms with E-state index in [1.165, 1.54) is 6.92 Å². The molecule has 0 heterocycles. The predicted molar refractivity (Wildman–Crippen MR) is 55.2 cm³/mol. The van der Waals surface area contributed by atoms with Crippen molar-refractivity contribution in [3.8, 4) is 0 Å². The number of hydrogen-bond donors (Lipinski definition) is 2. The van der Waals surface area contributed by atoms with Gasteiger partial charge < -0.3 is 10.4 Å². The lowest BCUT2D eigenvalue weighted by Crippen LogP contribution is -2.37. The number of aliphatic hydroxyl groups excluding tert-OH is 1. The Hall–Kier alpha value is -1.06. The van der Waals surface area contributed by atoms with Crippen LogP contribution in [0.2, 0.25) is 0 Å². The van der Waals surface area contributed by atoms with Crippen LogP contribution in [0.4, 0.5) is 0 Å². The number of carbonyl (C=O) groups is 1. The minimum atomic E-state index is -0.774. The lowest BCUT2D eigenvalue weighted by Gasteiger charge is -2.14. The molecule has 1 aromatic carbocycles. The van der Waals surface area contributed by atoms with Gasteiger partial charge in [-0.2, -0.15) is 0 Å². The second-order valence-electron chi connectivity index (χ2n) is 2.98. The van der Waals surface area contributed by atoms with Gasteiger partial charge in [0.1, 0.15) is 5.50 Å². The van der Waals surface area contributed by atoms with Gasteiger partial charge in [-0.1, -0.05) is 29.8 Å². The van der Waals surface area contributed by atoms with E-state index in [0.29, 0.717) is 5.56 Å². The Morgan fingerprint density at radius 2 is 2.00 bits per heavy atom. The minimum absolute atomic E-state index is 0.286. The fourth-order valence-corrected chi connectivity index (χ4v) is 1.02. The molecule has 2 N–H and O–H groups in total. The molecule has 14 heavy (non-hydrogen) atoms. The van der Waals surface area contributed by atoms with Crippen LogP contribution in [-0.2, 0) is 0 Å². The number of hydrogen-bond acceptors (Lipinski definition) is 2. The number of alkyl halides is 1. The Balaban J connectivity index is 2.60. The first-order chi connectivity index (χ1) is 6.61. The van der Waals surface area contributed by atoms with Crippen molar-refractivity contribution in [1.29, 1.82) is 0 Å². The van der Waals surface area contributed by atoms with E-state index in [2.05, 4.69) is 5.32 Å². The van der Waals surface area contributed by atoms with Crippen molar-refractivity contribution in [3.05, 3.63) is 35.9 Å². The number of benzene rings is 1. The molecule has 0 aliphatic heterocycles. The molecule has 4 heteroatoms. The molecule has 0 aliphatic rings. The minimum Gasteiger partial charge on any atom is -0.390 e. The van der Waals surface area contributed by atoms with Crippen LogP contribution in [0.5, 0.6) is 0 Å². The molecule has 0 aromatic heterocycles. The van der Waals surface area contributed by atoms with E-state index in [1.807, 2.05) is 6.07 Å². The third-order valence-corrected chi connectivity index (χ3v) is 2.20. The normalized spacial score (nSPS) is 14.5. The topological polar surface area (TPSA) is 49.3 Å². The Labute approximate surface area is 87.7 Å². The van der Waals surface area contributed by atoms with Crippen LogP contribution in [0.1, 0.15) is 17.3 Å². The van der Waals surface area contributed by atoms with E-state index in [9.17, 15) is 4.79 Å². The van der Waals surface area contributed by atoms with E-state index in [0.717, 1.165) is 0 Å². The molecule has 2 unspecified atom stereocenters. The monoisotopic (exact) mass is 213 g/mol. The molecule has 0 spiro atoms. The molecular weight excluding hydrogens is 202 g/mol. The van der Waals surface area contributed by atoms with Gasteiger partial charge in [0.2, 0.25) is 0 Å². The van der Waals surface area contributed by atoms with Crippen LogP contribution in [0, 0.1) is 0 Å². The summed E-state index contributed by atoms with van der Waals surface area (Å²) in [5, 5.41) is 11.5. The maximum absolute atomic E-state index is 11.5. The highest BCUT2D eigenvalue weighted by Crippen LogP contribution is 2.02. The lowest BCUT2D eigenvalue weighted by atomic mass is 10.2. The molecule has 0 saturated heterocycles. The summed E-state index contributed by atoms with van der Waals surface area (Å²) in [4.78, 5) is 11.5. The Morgan fingerprint density at radius 1 is 1.43 bits per heavy atom. The van der Waals surface area contributed by atoms with Gasteiger partial charge in [0.05, 0.1) is 6.10 Å². The van der Waals surface area contributed by atoms with Gasteiger partial charge >= 0.3 is 0 Å². The fourth-order valence-electron chi connectivity index (χ4n) is 0.919. The smallest absolute Gasteiger partial charge is 0.252 e. The second-order valence-corrected chi connectivity index (χ2v) is 3.45. The van der Waals surface area contributed by atoms with E-state index < -0.39 is 11.6 Å². The number of amides is 1. The molecule has 1 rings (SSSR count). The summed E-state index contributed by atoms with van der Waals surface area (Å²) in [7, 11) is 0. The van der Waals surface area contributed by atoms with Gasteiger partial charge in [-0.25, -0.2) is 0 Å². The summed E-state index contributed by atoms with van der Waals surface area (Å²) in [6.45, 7) is 1.52. The summed E-state index contributed by atoms with van der Waals surface area (Å²) in [5.41, 5.74) is -0.235. The Morgan fingerprint density at radius 3 is 2.50 bits per heavy atom. The fraction of sp³-hybridized carbons (Fsp3) is 0.300. The van der Waals surface area contributed by atoms with Crippen LogP contribution in [0.25, 0.3) is 0 Å². The first kappa shape index (κ1) is 11.0. The largest absolute Gasteiger partial charge is 0.390 e. The van der Waals surface area contributed by atoms with Gasteiger partial charge in [-0.3, -0.25) is 4.79 Å². The molecule has 0 bridgehead atoms. The molecule has 3 nitrogen and oxygen atoms in total. The van der Waals surface area contributed by atoms with Crippen molar-refractivity contribution in [2.24, 2.45) is 0 Å². The molecule has 0 saturated carbocycles. The van der Waals surface area contributed by atoms with E-state index in [4.69, 9.17) is 16.7 Å². The van der Waals surface area contributed by atoms with Crippen LogP contribution < -0.4 is 5.32 Å². The van der Waals surface area contributed by atoms with Crippen molar-refractivity contribution in [1.82, 2.24) is 5.32 Å². The predicted octanol–water partition coefficient (Wildman–Crippen LogP) is 1.36. The summed E-state index contributed by atoms with van der Waals surface area (Å²) < 4.78 is 0. The van der Waals surface area contributed by atoms with E-state index in [-0.39, 0.29) is 5.91 Å². The standard InChI is InChI=1S/C10H12ClNO2/c1-7(13)9(11)12-10(14)8-5-3-2-4-6-8/h2-7,9,13H,1H3,(H,12,14). The van der Waals surface area contributed by atoms with Crippen molar-refractivity contribution < 1.29 is 9.90 Å². The van der Waals surface area contributed by atoms with Crippen LogP contribution in [0.3, 0.4) is 0 Å². The lowest BCUT2D eigenvalue weighted by molar-refractivity contribution is 0.0907. The highest BCUT2D eigenvalue weighted by molar-refractivity contribution is 6.22. The SMILES string of the molecule is CC(O)C(Cl)NC(=O)c1ccccc1. The molecule has 1 amide bonds. The third kappa shape index (κ3) is 3.01. The zero-order valence-corrected chi connectivity index (χ0v) is 8.53. The van der Waals surface area contributed by atoms with Gasteiger partial charge in [0.25, 0.3) is 5.91 Å². The maximum atomic E-state index is 11.5. The van der Waals surface area contributed by atoms with Crippen molar-refractivity contribution in [2.45, 2.75) is 18.5 Å². The first-order valence-electron chi connectivity index (χ1n) is 4.29. The van der Waals surface area contributed by atoms with E-state index >= 15 is 0 Å². The zero-order valence-electron chi connectivity index (χ0n) is 7.77. The van der Waals surface area contributed by atoms with Gasteiger partial charge in [-0.15, -0.1) is 0 Å². The second kappa shape index (κ2) is 4.98. The molecule has 1 aromatic rings. The van der Waals surface area contributed by atoms with Crippen molar-refractivity contribution in [3.63, 3.8) is 0 Å². The van der Waals surface area contributed by atoms with Crippen LogP contribution in [-0.4, -0.2) is 22.6 Å². The molecule has 76 valence electrons. The summed E-state index contributed by atoms with van der Waals surface area (Å²) in [5.74, 6) is -0.286. The van der Waals surface area contributed by atoms with Crippen molar-refractivity contribution >= 4 is 17.5 Å². The van der Waals surface area contributed by atoms with Gasteiger partial charge in [0.15, 0.2) is 0 Å². The number of carbonyl (C=O) groups excluding carboxylic acids is 1. The van der Waals surface area contributed by atoms with Crippen molar-refractivity contribution in [2.75, 3.05) is 0 Å². The quantitative estimate of drug-likeness (QED) is 0.589. The Bertz CT molecular complexity index is 300. The highest BCUT2D eigenvalue weighted by Gasteiger charge is 2.14. The van der Waals surface area contributed by atoms with Crippen LogP contribution >= 0.6 is 11.6 Å². The average Bonchev–Trinajstić information content (AvgIpc) is 2.19. The van der Waals surface area contributed by atoms with E-state index in [1.54, 1.807) is 24.3 Å². The first-order valence-corrected chi connectivity index (χ1v) is 4.73. The molecular formula is C10H12ClNO2. The third-order valence-electron chi connectivity index (χ3n) is 1.73. The molecule has 0 radical (unpaired) electrons. The molecule has 0 aliphatic carbocycles. The highest BCUT2D eigenvalue weighted by atomic mass is 35.5. The maximum Gasteiger partial charge on any atom is 0.252 e. The molecule has 0 fully saturated rings. The van der Waals surface area contributed by atoms with Crippen LogP contribution in [0.15, 0.2) is 30.3 Å².